The second-order valence-electron chi connectivity index (χ2n) is 7.76. The average molecular weight is 461 g/mol. The molecule has 166 valence electrons. The van der Waals surface area contributed by atoms with Crippen molar-refractivity contribution in [2.45, 2.75) is 20.5 Å². The molecular formula is C26H21ClN2O4. The fourth-order valence-corrected chi connectivity index (χ4v) is 3.88. The molecule has 0 unspecified atom stereocenters. The standard InChI is InChI=1S/C26H21ClN2O4/c1-16-11-17(2)13-19(12-16)15-33-20-9-7-18(8-10-20)14-21-24(30)28-26(32)29(25(21)31)23-6-4-3-5-22(23)27/h3-14H,15H2,1-2H3,(H,28,30,32)/b21-14+. The van der Waals surface area contributed by atoms with Crippen LogP contribution in [0.1, 0.15) is 22.3 Å². The Hall–Kier alpha value is -3.90. The highest BCUT2D eigenvalue weighted by Crippen LogP contribution is 2.29. The van der Waals surface area contributed by atoms with E-state index in [0.29, 0.717) is 17.9 Å². The number of carbonyl (C=O) groups is 3. The predicted molar refractivity (Wildman–Crippen MR) is 127 cm³/mol. The molecule has 0 bridgehead atoms. The highest BCUT2D eigenvalue weighted by atomic mass is 35.5. The van der Waals surface area contributed by atoms with Gasteiger partial charge in [0.15, 0.2) is 0 Å². The molecule has 1 aliphatic rings. The molecule has 0 saturated carbocycles. The normalized spacial score (nSPS) is 15.1. The van der Waals surface area contributed by atoms with Crippen LogP contribution >= 0.6 is 11.6 Å². The maximum absolute atomic E-state index is 13.0. The Morgan fingerprint density at radius 3 is 2.27 bits per heavy atom. The number of amides is 4. The lowest BCUT2D eigenvalue weighted by Gasteiger charge is -2.27. The highest BCUT2D eigenvalue weighted by Gasteiger charge is 2.37. The van der Waals surface area contributed by atoms with Crippen LogP contribution in [-0.4, -0.2) is 17.8 Å². The maximum atomic E-state index is 13.0. The van der Waals surface area contributed by atoms with Crippen LogP contribution in [0.4, 0.5) is 10.5 Å². The summed E-state index contributed by atoms with van der Waals surface area (Å²) in [6.45, 7) is 4.52. The molecule has 0 aliphatic carbocycles. The number of barbiturate groups is 1. The van der Waals surface area contributed by atoms with Crippen molar-refractivity contribution >= 4 is 41.2 Å². The van der Waals surface area contributed by atoms with Gasteiger partial charge in [-0.3, -0.25) is 14.9 Å². The molecule has 4 amide bonds. The van der Waals surface area contributed by atoms with Gasteiger partial charge in [-0.15, -0.1) is 0 Å². The van der Waals surface area contributed by atoms with Crippen LogP contribution in [0.2, 0.25) is 5.02 Å². The van der Waals surface area contributed by atoms with Gasteiger partial charge in [0.1, 0.15) is 17.9 Å². The Bertz CT molecular complexity index is 1260. The minimum Gasteiger partial charge on any atom is -0.489 e. The number of benzene rings is 3. The van der Waals surface area contributed by atoms with Crippen LogP contribution in [0.5, 0.6) is 5.75 Å². The third-order valence-electron chi connectivity index (χ3n) is 5.07. The number of carbonyl (C=O) groups excluding carboxylic acids is 3. The molecule has 0 spiro atoms. The topological polar surface area (TPSA) is 75.7 Å². The zero-order chi connectivity index (χ0) is 23.5. The van der Waals surface area contributed by atoms with E-state index in [1.165, 1.54) is 23.3 Å². The van der Waals surface area contributed by atoms with Gasteiger partial charge in [-0.25, -0.2) is 9.69 Å². The van der Waals surface area contributed by atoms with Crippen molar-refractivity contribution in [2.75, 3.05) is 4.90 Å². The number of anilines is 1. The van der Waals surface area contributed by atoms with Crippen molar-refractivity contribution in [3.63, 3.8) is 0 Å². The van der Waals surface area contributed by atoms with Gasteiger partial charge < -0.3 is 4.74 Å². The van der Waals surface area contributed by atoms with Gasteiger partial charge in [-0.1, -0.05) is 65.2 Å². The number of hydrogen-bond acceptors (Lipinski definition) is 4. The number of nitrogens with one attached hydrogen (secondary N) is 1. The summed E-state index contributed by atoms with van der Waals surface area (Å²) in [6.07, 6.45) is 1.43. The number of aryl methyl sites for hydroxylation is 2. The van der Waals surface area contributed by atoms with E-state index >= 15 is 0 Å². The zero-order valence-corrected chi connectivity index (χ0v) is 18.8. The summed E-state index contributed by atoms with van der Waals surface area (Å²) in [6, 6.07) is 18.8. The van der Waals surface area contributed by atoms with Crippen LogP contribution in [-0.2, 0) is 16.2 Å². The van der Waals surface area contributed by atoms with Gasteiger partial charge in [-0.2, -0.15) is 0 Å². The molecule has 4 rings (SSSR count). The SMILES string of the molecule is Cc1cc(C)cc(COc2ccc(/C=C3\C(=O)NC(=O)N(c4ccccc4Cl)C3=O)cc2)c1. The Morgan fingerprint density at radius 2 is 1.61 bits per heavy atom. The van der Waals surface area contributed by atoms with Crippen LogP contribution in [0.15, 0.2) is 72.3 Å². The molecule has 33 heavy (non-hydrogen) atoms. The summed E-state index contributed by atoms with van der Waals surface area (Å²) in [5, 5.41) is 2.41. The van der Waals surface area contributed by atoms with Gasteiger partial charge in [0.05, 0.1) is 10.7 Å². The molecular weight excluding hydrogens is 440 g/mol. The minimum absolute atomic E-state index is 0.168. The fraction of sp³-hybridized carbons (Fsp3) is 0.115. The minimum atomic E-state index is -0.842. The van der Waals surface area contributed by atoms with Crippen molar-refractivity contribution in [1.29, 1.82) is 0 Å². The molecule has 1 aliphatic heterocycles. The summed E-state index contributed by atoms with van der Waals surface area (Å²) >= 11 is 6.15. The molecule has 3 aromatic carbocycles. The Balaban J connectivity index is 1.52. The number of rotatable bonds is 5. The molecule has 0 aromatic heterocycles. The number of nitrogens with zero attached hydrogens (tertiary/aromatic N) is 1. The monoisotopic (exact) mass is 460 g/mol. The van der Waals surface area contributed by atoms with Gasteiger partial charge >= 0.3 is 6.03 Å². The van der Waals surface area contributed by atoms with Crippen molar-refractivity contribution in [2.24, 2.45) is 0 Å². The molecule has 0 atom stereocenters. The molecule has 1 heterocycles. The molecule has 3 aromatic rings. The lowest BCUT2D eigenvalue weighted by molar-refractivity contribution is -0.122. The summed E-state index contributed by atoms with van der Waals surface area (Å²) < 4.78 is 5.86. The third-order valence-corrected chi connectivity index (χ3v) is 5.39. The van der Waals surface area contributed by atoms with Crippen molar-refractivity contribution in [3.05, 3.63) is 99.6 Å². The van der Waals surface area contributed by atoms with E-state index in [0.717, 1.165) is 10.5 Å². The molecule has 0 radical (unpaired) electrons. The van der Waals surface area contributed by atoms with Crippen molar-refractivity contribution < 1.29 is 19.1 Å². The number of para-hydroxylation sites is 1. The maximum Gasteiger partial charge on any atom is 0.335 e. The van der Waals surface area contributed by atoms with Gasteiger partial charge in [0.2, 0.25) is 0 Å². The number of hydrogen-bond donors (Lipinski definition) is 1. The lowest BCUT2D eigenvalue weighted by atomic mass is 10.1. The summed E-state index contributed by atoms with van der Waals surface area (Å²) in [7, 11) is 0. The predicted octanol–water partition coefficient (Wildman–Crippen LogP) is 5.20. The van der Waals surface area contributed by atoms with Crippen LogP contribution in [0, 0.1) is 13.8 Å². The first kappa shape index (κ1) is 22.3. The van der Waals surface area contributed by atoms with E-state index in [-0.39, 0.29) is 16.3 Å². The van der Waals surface area contributed by atoms with E-state index in [2.05, 4.69) is 23.5 Å². The first-order chi connectivity index (χ1) is 15.8. The number of ether oxygens (including phenoxy) is 1. The first-order valence-electron chi connectivity index (χ1n) is 10.3. The van der Waals surface area contributed by atoms with Gasteiger partial charge in [-0.05, 0) is 55.3 Å². The Morgan fingerprint density at radius 1 is 0.939 bits per heavy atom. The van der Waals surface area contributed by atoms with Crippen LogP contribution < -0.4 is 15.0 Å². The summed E-state index contributed by atoms with van der Waals surface area (Å²) in [4.78, 5) is 38.5. The van der Waals surface area contributed by atoms with Crippen LogP contribution in [0.3, 0.4) is 0 Å². The molecule has 1 fully saturated rings. The summed E-state index contributed by atoms with van der Waals surface area (Å²) in [5.41, 5.74) is 4.08. The lowest BCUT2D eigenvalue weighted by Crippen LogP contribution is -2.54. The van der Waals surface area contributed by atoms with Crippen molar-refractivity contribution in [1.82, 2.24) is 5.32 Å². The van der Waals surface area contributed by atoms with Gasteiger partial charge in [0, 0.05) is 0 Å². The fourth-order valence-electron chi connectivity index (χ4n) is 3.66. The quantitative estimate of drug-likeness (QED) is 0.419. The van der Waals surface area contributed by atoms with Crippen molar-refractivity contribution in [3.8, 4) is 5.75 Å². The molecule has 1 N–H and O–H groups in total. The summed E-state index contributed by atoms with van der Waals surface area (Å²) in [5.74, 6) is -0.848. The Kier molecular flexibility index (Phi) is 6.29. The van der Waals surface area contributed by atoms with Gasteiger partial charge in [0.25, 0.3) is 11.8 Å². The number of imide groups is 2. The molecule has 7 heteroatoms. The third kappa shape index (κ3) is 4.96. The molecule has 1 saturated heterocycles. The zero-order valence-electron chi connectivity index (χ0n) is 18.1. The second kappa shape index (κ2) is 9.30. The molecule has 6 nitrogen and oxygen atoms in total. The van der Waals surface area contributed by atoms with E-state index in [1.54, 1.807) is 42.5 Å². The first-order valence-corrected chi connectivity index (χ1v) is 10.7. The van der Waals surface area contributed by atoms with E-state index in [4.69, 9.17) is 16.3 Å². The average Bonchev–Trinajstić information content (AvgIpc) is 2.76. The smallest absolute Gasteiger partial charge is 0.335 e. The van der Waals surface area contributed by atoms with Crippen LogP contribution in [0.25, 0.3) is 6.08 Å². The van der Waals surface area contributed by atoms with E-state index in [9.17, 15) is 14.4 Å². The van der Waals surface area contributed by atoms with E-state index < -0.39 is 17.8 Å². The van der Waals surface area contributed by atoms with E-state index in [1.807, 2.05) is 13.8 Å². The second-order valence-corrected chi connectivity index (χ2v) is 8.17. The highest BCUT2D eigenvalue weighted by molar-refractivity contribution is 6.42. The Labute approximate surface area is 196 Å². The number of urea groups is 1. The largest absolute Gasteiger partial charge is 0.489 e. The number of halogens is 1.